The van der Waals surface area contributed by atoms with Gasteiger partial charge < -0.3 is 0 Å². The minimum atomic E-state index is -0.513. The molecule has 0 unspecified atom stereocenters. The number of aromatic nitrogens is 3. The predicted molar refractivity (Wildman–Crippen MR) is 99.5 cm³/mol. The Morgan fingerprint density at radius 3 is 2.73 bits per heavy atom. The van der Waals surface area contributed by atoms with E-state index in [-0.39, 0.29) is 16.7 Å². The van der Waals surface area contributed by atoms with Gasteiger partial charge in [-0.2, -0.15) is 10.2 Å². The number of carbonyl (C=O) groups excluding carboxylic acids is 1. The third kappa shape index (κ3) is 3.93. The molecular formula is C17H19N5O3S. The molecule has 0 spiro atoms. The summed E-state index contributed by atoms with van der Waals surface area (Å²) in [6.07, 6.45) is 2.46. The topological polar surface area (TPSA) is 98.3 Å². The van der Waals surface area contributed by atoms with E-state index in [1.54, 1.807) is 0 Å². The summed E-state index contributed by atoms with van der Waals surface area (Å²) in [6.45, 7) is 0. The molecule has 1 aromatic carbocycles. The van der Waals surface area contributed by atoms with Gasteiger partial charge in [0.25, 0.3) is 5.56 Å². The molecule has 0 radical (unpaired) electrons. The number of carbonyl (C=O) groups is 1. The maximum Gasteiger partial charge on any atom is 0.346 e. The van der Waals surface area contributed by atoms with Crippen molar-refractivity contribution >= 4 is 23.4 Å². The van der Waals surface area contributed by atoms with Gasteiger partial charge in [-0.05, 0) is 24.0 Å². The molecular weight excluding hydrogens is 354 g/mol. The normalized spacial score (nSPS) is 14.9. The van der Waals surface area contributed by atoms with E-state index in [1.807, 2.05) is 12.1 Å². The van der Waals surface area contributed by atoms with E-state index in [2.05, 4.69) is 27.8 Å². The molecule has 26 heavy (non-hydrogen) atoms. The van der Waals surface area contributed by atoms with Gasteiger partial charge in [0.05, 0.1) is 5.75 Å². The molecule has 9 heteroatoms. The first-order valence-corrected chi connectivity index (χ1v) is 9.12. The van der Waals surface area contributed by atoms with Crippen LogP contribution < -0.4 is 16.7 Å². The molecule has 8 nitrogen and oxygen atoms in total. The van der Waals surface area contributed by atoms with Crippen LogP contribution in [0.1, 0.15) is 17.5 Å². The fourth-order valence-corrected chi connectivity index (χ4v) is 3.50. The van der Waals surface area contributed by atoms with Crippen molar-refractivity contribution in [3.8, 4) is 0 Å². The summed E-state index contributed by atoms with van der Waals surface area (Å²) < 4.78 is 2.04. The number of hydrazone groups is 1. The number of thioether (sulfide) groups is 1. The monoisotopic (exact) mass is 373 g/mol. The average molecular weight is 373 g/mol. The molecule has 1 amide bonds. The first-order chi connectivity index (χ1) is 12.5. The van der Waals surface area contributed by atoms with Gasteiger partial charge in [-0.3, -0.25) is 14.2 Å². The lowest BCUT2D eigenvalue weighted by Crippen LogP contribution is -2.39. The van der Waals surface area contributed by atoms with Gasteiger partial charge in [0, 0.05) is 26.2 Å². The van der Waals surface area contributed by atoms with Crippen LogP contribution in [-0.4, -0.2) is 31.7 Å². The summed E-state index contributed by atoms with van der Waals surface area (Å²) in [7, 11) is 2.84. The number of hydrogen-bond acceptors (Lipinski definition) is 6. The Hall–Kier alpha value is -2.68. The Morgan fingerprint density at radius 2 is 1.96 bits per heavy atom. The van der Waals surface area contributed by atoms with Gasteiger partial charge in [0.2, 0.25) is 5.91 Å². The van der Waals surface area contributed by atoms with Crippen LogP contribution in [0.4, 0.5) is 0 Å². The number of nitrogens with one attached hydrogen (secondary N) is 1. The van der Waals surface area contributed by atoms with Crippen LogP contribution >= 0.6 is 11.8 Å². The standard InChI is InChI=1S/C17H19N5O3S/c1-21-16(24)15(20-22(2)17(21)25)26-10-14(23)19-18-13-8-7-11-5-3-4-6-12(11)9-13/h3-6H,7-10H2,1-2H3,(H,19,23)/b18-13-. The average Bonchev–Trinajstić information content (AvgIpc) is 2.66. The van der Waals surface area contributed by atoms with Crippen molar-refractivity contribution in [3.05, 3.63) is 56.2 Å². The minimum absolute atomic E-state index is 0.00614. The lowest BCUT2D eigenvalue weighted by atomic mass is 9.90. The molecule has 3 rings (SSSR count). The predicted octanol–water partition coefficient (Wildman–Crippen LogP) is 0.232. The zero-order chi connectivity index (χ0) is 18.7. The number of hydrogen-bond donors (Lipinski definition) is 1. The highest BCUT2D eigenvalue weighted by molar-refractivity contribution is 7.99. The molecule has 1 N–H and O–H groups in total. The van der Waals surface area contributed by atoms with Crippen LogP contribution in [0.15, 0.2) is 44.0 Å². The lowest BCUT2D eigenvalue weighted by Gasteiger charge is -2.17. The molecule has 1 aromatic heterocycles. The number of fused-ring (bicyclic) bond motifs is 1. The third-order valence-electron chi connectivity index (χ3n) is 4.17. The highest BCUT2D eigenvalue weighted by atomic mass is 32.2. The Balaban J connectivity index is 1.59. The largest absolute Gasteiger partial charge is 0.346 e. The second-order valence-electron chi connectivity index (χ2n) is 6.02. The molecule has 1 heterocycles. The van der Waals surface area contributed by atoms with Crippen molar-refractivity contribution in [1.82, 2.24) is 19.8 Å². The zero-order valence-electron chi connectivity index (χ0n) is 14.6. The van der Waals surface area contributed by atoms with Crippen molar-refractivity contribution in [3.63, 3.8) is 0 Å². The number of amides is 1. The molecule has 0 aliphatic heterocycles. The molecule has 1 aliphatic rings. The lowest BCUT2D eigenvalue weighted by molar-refractivity contribution is -0.118. The molecule has 0 bridgehead atoms. The molecule has 0 saturated carbocycles. The van der Waals surface area contributed by atoms with Crippen LogP contribution in [0.5, 0.6) is 0 Å². The maximum absolute atomic E-state index is 12.0. The Labute approximate surface area is 153 Å². The van der Waals surface area contributed by atoms with E-state index in [0.29, 0.717) is 0 Å². The summed E-state index contributed by atoms with van der Waals surface area (Å²) >= 11 is 0.982. The van der Waals surface area contributed by atoms with Crippen molar-refractivity contribution in [2.75, 3.05) is 5.75 Å². The van der Waals surface area contributed by atoms with Gasteiger partial charge in [0.15, 0.2) is 5.03 Å². The number of rotatable bonds is 4. The van der Waals surface area contributed by atoms with Crippen LogP contribution in [-0.2, 0) is 31.7 Å². The zero-order valence-corrected chi connectivity index (χ0v) is 15.4. The fourth-order valence-electron chi connectivity index (χ4n) is 2.72. The summed E-state index contributed by atoms with van der Waals surface area (Å²) in [6, 6.07) is 8.21. The van der Waals surface area contributed by atoms with E-state index in [1.165, 1.54) is 25.2 Å². The second-order valence-corrected chi connectivity index (χ2v) is 6.99. The molecule has 2 aromatic rings. The van der Waals surface area contributed by atoms with Gasteiger partial charge >= 0.3 is 5.69 Å². The first kappa shape index (κ1) is 18.1. The first-order valence-electron chi connectivity index (χ1n) is 8.14. The van der Waals surface area contributed by atoms with E-state index in [0.717, 1.165) is 46.0 Å². The fraction of sp³-hybridized carbons (Fsp3) is 0.353. The number of aryl methyl sites for hydroxylation is 2. The van der Waals surface area contributed by atoms with E-state index >= 15 is 0 Å². The maximum atomic E-state index is 12.0. The SMILES string of the molecule is Cn1nc(SCC(=O)N/N=C2/CCc3ccccc3C2)c(=O)n(C)c1=O. The van der Waals surface area contributed by atoms with Crippen LogP contribution in [0.25, 0.3) is 0 Å². The summed E-state index contributed by atoms with van der Waals surface area (Å²) in [5.74, 6) is -0.326. The molecule has 136 valence electrons. The third-order valence-corrected chi connectivity index (χ3v) is 5.10. The van der Waals surface area contributed by atoms with Gasteiger partial charge in [0.1, 0.15) is 0 Å². The Morgan fingerprint density at radius 1 is 1.23 bits per heavy atom. The van der Waals surface area contributed by atoms with Crippen molar-refractivity contribution in [1.29, 1.82) is 0 Å². The molecule has 0 fully saturated rings. The van der Waals surface area contributed by atoms with Crippen LogP contribution in [0.3, 0.4) is 0 Å². The van der Waals surface area contributed by atoms with Gasteiger partial charge in [-0.1, -0.05) is 36.0 Å². The van der Waals surface area contributed by atoms with Gasteiger partial charge in [-0.15, -0.1) is 0 Å². The van der Waals surface area contributed by atoms with Gasteiger partial charge in [-0.25, -0.2) is 14.9 Å². The number of nitrogens with zero attached hydrogens (tertiary/aromatic N) is 4. The summed E-state index contributed by atoms with van der Waals surface area (Å²) in [4.78, 5) is 35.6. The molecule has 1 aliphatic carbocycles. The smallest absolute Gasteiger partial charge is 0.272 e. The quantitative estimate of drug-likeness (QED) is 0.611. The van der Waals surface area contributed by atoms with Crippen LogP contribution in [0, 0.1) is 0 Å². The highest BCUT2D eigenvalue weighted by Crippen LogP contribution is 2.19. The summed E-state index contributed by atoms with van der Waals surface area (Å²) in [5.41, 5.74) is 5.01. The second kappa shape index (κ2) is 7.69. The van der Waals surface area contributed by atoms with Crippen molar-refractivity contribution in [2.45, 2.75) is 24.3 Å². The van der Waals surface area contributed by atoms with E-state index in [4.69, 9.17) is 0 Å². The van der Waals surface area contributed by atoms with Crippen LogP contribution in [0.2, 0.25) is 0 Å². The summed E-state index contributed by atoms with van der Waals surface area (Å²) in [5, 5.41) is 8.21. The molecule has 0 atom stereocenters. The van der Waals surface area contributed by atoms with E-state index in [9.17, 15) is 14.4 Å². The van der Waals surface area contributed by atoms with Crippen molar-refractivity contribution in [2.24, 2.45) is 19.2 Å². The van der Waals surface area contributed by atoms with E-state index < -0.39 is 11.2 Å². The highest BCUT2D eigenvalue weighted by Gasteiger charge is 2.15. The molecule has 0 saturated heterocycles. The van der Waals surface area contributed by atoms with Crippen molar-refractivity contribution < 1.29 is 4.79 Å². The Bertz CT molecular complexity index is 993. The Kier molecular flexibility index (Phi) is 5.36. The minimum Gasteiger partial charge on any atom is -0.272 e. The number of benzene rings is 1.